The predicted octanol–water partition coefficient (Wildman–Crippen LogP) is 1.94. The lowest BCUT2D eigenvalue weighted by atomic mass is 10.1. The lowest BCUT2D eigenvalue weighted by Crippen LogP contribution is -2.32. The Morgan fingerprint density at radius 2 is 2.11 bits per heavy atom. The predicted molar refractivity (Wildman–Crippen MR) is 75.5 cm³/mol. The standard InChI is InChI=1S/C13H22N4O.ClH/c1-17(11-3-2-7-14-8-6-11)9-12-15-13(18-16-12)10-4-5-10;/h10-11,14H,2-9H2,1H3;1H. The van der Waals surface area contributed by atoms with Crippen LogP contribution in [0.4, 0.5) is 0 Å². The smallest absolute Gasteiger partial charge is 0.229 e. The van der Waals surface area contributed by atoms with Crippen molar-refractivity contribution in [1.82, 2.24) is 20.4 Å². The molecule has 1 unspecified atom stereocenters. The van der Waals surface area contributed by atoms with Crippen LogP contribution in [0, 0.1) is 0 Å². The molecular weight excluding hydrogens is 264 g/mol. The van der Waals surface area contributed by atoms with E-state index in [2.05, 4.69) is 27.4 Å². The molecule has 1 atom stereocenters. The zero-order chi connectivity index (χ0) is 12.4. The number of nitrogens with zero attached hydrogens (tertiary/aromatic N) is 3. The van der Waals surface area contributed by atoms with E-state index in [-0.39, 0.29) is 12.4 Å². The summed E-state index contributed by atoms with van der Waals surface area (Å²) in [7, 11) is 2.17. The van der Waals surface area contributed by atoms with E-state index < -0.39 is 0 Å². The molecule has 19 heavy (non-hydrogen) atoms. The summed E-state index contributed by atoms with van der Waals surface area (Å²) in [6.45, 7) is 3.08. The zero-order valence-corrected chi connectivity index (χ0v) is 12.3. The van der Waals surface area contributed by atoms with Crippen LogP contribution < -0.4 is 5.32 Å². The topological polar surface area (TPSA) is 54.2 Å². The summed E-state index contributed by atoms with van der Waals surface area (Å²) < 4.78 is 5.30. The molecule has 5 nitrogen and oxygen atoms in total. The highest BCUT2D eigenvalue weighted by Gasteiger charge is 2.30. The minimum absolute atomic E-state index is 0. The fourth-order valence-corrected chi connectivity index (χ4v) is 2.62. The first-order chi connectivity index (χ1) is 8.83. The molecule has 0 spiro atoms. The van der Waals surface area contributed by atoms with Crippen LogP contribution in [0.5, 0.6) is 0 Å². The van der Waals surface area contributed by atoms with Crippen molar-refractivity contribution in [2.75, 3.05) is 20.1 Å². The summed E-state index contributed by atoms with van der Waals surface area (Å²) in [4.78, 5) is 6.87. The summed E-state index contributed by atoms with van der Waals surface area (Å²) in [5.41, 5.74) is 0. The van der Waals surface area contributed by atoms with Gasteiger partial charge in [0.2, 0.25) is 5.89 Å². The van der Waals surface area contributed by atoms with E-state index in [9.17, 15) is 0 Å². The van der Waals surface area contributed by atoms with Gasteiger partial charge in [0.25, 0.3) is 0 Å². The van der Waals surface area contributed by atoms with Crippen LogP contribution in [0.25, 0.3) is 0 Å². The maximum Gasteiger partial charge on any atom is 0.229 e. The minimum atomic E-state index is 0. The summed E-state index contributed by atoms with van der Waals surface area (Å²) in [5, 5.41) is 7.54. The van der Waals surface area contributed by atoms with Crippen LogP contribution in [0.2, 0.25) is 0 Å². The second-order valence-corrected chi connectivity index (χ2v) is 5.57. The van der Waals surface area contributed by atoms with Crippen molar-refractivity contribution in [2.45, 2.75) is 50.6 Å². The Balaban J connectivity index is 0.00000133. The van der Waals surface area contributed by atoms with Crippen molar-refractivity contribution in [2.24, 2.45) is 0 Å². The summed E-state index contributed by atoms with van der Waals surface area (Å²) >= 11 is 0. The van der Waals surface area contributed by atoms with E-state index in [4.69, 9.17) is 4.52 Å². The van der Waals surface area contributed by atoms with E-state index in [1.54, 1.807) is 0 Å². The maximum absolute atomic E-state index is 5.30. The summed E-state index contributed by atoms with van der Waals surface area (Å²) in [6, 6.07) is 0.642. The quantitative estimate of drug-likeness (QED) is 0.917. The third-order valence-corrected chi connectivity index (χ3v) is 3.97. The first-order valence-electron chi connectivity index (χ1n) is 7.06. The van der Waals surface area contributed by atoms with Gasteiger partial charge in [0.05, 0.1) is 6.54 Å². The summed E-state index contributed by atoms with van der Waals surface area (Å²) in [6.07, 6.45) is 6.16. The van der Waals surface area contributed by atoms with Crippen molar-refractivity contribution in [1.29, 1.82) is 0 Å². The van der Waals surface area contributed by atoms with Crippen LogP contribution >= 0.6 is 12.4 Å². The van der Waals surface area contributed by atoms with E-state index in [1.165, 1.54) is 32.1 Å². The van der Waals surface area contributed by atoms with Crippen LogP contribution in [-0.2, 0) is 6.54 Å². The van der Waals surface area contributed by atoms with Gasteiger partial charge in [-0.05, 0) is 52.2 Å². The van der Waals surface area contributed by atoms with Gasteiger partial charge in [0.15, 0.2) is 5.82 Å². The number of rotatable bonds is 4. The molecule has 108 valence electrons. The second kappa shape index (κ2) is 6.68. The second-order valence-electron chi connectivity index (χ2n) is 5.57. The van der Waals surface area contributed by atoms with Crippen LogP contribution in [0.1, 0.15) is 49.7 Å². The molecule has 6 heteroatoms. The van der Waals surface area contributed by atoms with E-state index in [1.807, 2.05) is 0 Å². The van der Waals surface area contributed by atoms with Gasteiger partial charge in [0, 0.05) is 12.0 Å². The van der Waals surface area contributed by atoms with Gasteiger partial charge in [-0.15, -0.1) is 12.4 Å². The lowest BCUT2D eigenvalue weighted by Gasteiger charge is -2.25. The number of nitrogens with one attached hydrogen (secondary N) is 1. The van der Waals surface area contributed by atoms with Gasteiger partial charge in [-0.2, -0.15) is 4.98 Å². The van der Waals surface area contributed by atoms with Crippen molar-refractivity contribution in [3.05, 3.63) is 11.7 Å². The molecule has 0 amide bonds. The third kappa shape index (κ3) is 3.91. The lowest BCUT2D eigenvalue weighted by molar-refractivity contribution is 0.209. The number of aromatic nitrogens is 2. The Labute approximate surface area is 120 Å². The fraction of sp³-hybridized carbons (Fsp3) is 0.846. The number of hydrogen-bond acceptors (Lipinski definition) is 5. The Hall–Kier alpha value is -0.650. The highest BCUT2D eigenvalue weighted by molar-refractivity contribution is 5.85. The Morgan fingerprint density at radius 1 is 1.26 bits per heavy atom. The molecule has 1 aromatic heterocycles. The molecule has 1 aromatic rings. The average molecular weight is 287 g/mol. The molecule has 2 heterocycles. The van der Waals surface area contributed by atoms with Gasteiger partial charge in [-0.3, -0.25) is 4.90 Å². The van der Waals surface area contributed by atoms with Gasteiger partial charge < -0.3 is 9.84 Å². The molecule has 3 rings (SSSR count). The average Bonchev–Trinajstić information content (AvgIpc) is 3.16. The molecule has 2 aliphatic rings. The van der Waals surface area contributed by atoms with E-state index in [0.29, 0.717) is 12.0 Å². The van der Waals surface area contributed by atoms with Crippen molar-refractivity contribution in [3.8, 4) is 0 Å². The molecular formula is C13H23ClN4O. The van der Waals surface area contributed by atoms with Crippen LogP contribution in [-0.4, -0.2) is 41.2 Å². The highest BCUT2D eigenvalue weighted by atomic mass is 35.5. The van der Waals surface area contributed by atoms with E-state index >= 15 is 0 Å². The molecule has 1 N–H and O–H groups in total. The first kappa shape index (κ1) is 14.8. The van der Waals surface area contributed by atoms with Crippen LogP contribution in [0.15, 0.2) is 4.52 Å². The van der Waals surface area contributed by atoms with Gasteiger partial charge in [0.1, 0.15) is 0 Å². The molecule has 1 saturated carbocycles. The maximum atomic E-state index is 5.30. The normalized spacial score (nSPS) is 24.0. The molecule has 1 aliphatic carbocycles. The Kier molecular flexibility index (Phi) is 5.19. The fourth-order valence-electron chi connectivity index (χ4n) is 2.62. The number of hydrogen-bond donors (Lipinski definition) is 1. The molecule has 1 saturated heterocycles. The third-order valence-electron chi connectivity index (χ3n) is 3.97. The molecule has 2 fully saturated rings. The zero-order valence-electron chi connectivity index (χ0n) is 11.5. The number of halogens is 1. The molecule has 0 aromatic carbocycles. The SMILES string of the molecule is CN(Cc1noc(C2CC2)n1)C1CCCNCC1.Cl. The van der Waals surface area contributed by atoms with Crippen molar-refractivity contribution in [3.63, 3.8) is 0 Å². The van der Waals surface area contributed by atoms with Crippen molar-refractivity contribution < 1.29 is 4.52 Å². The van der Waals surface area contributed by atoms with Gasteiger partial charge in [-0.25, -0.2) is 0 Å². The minimum Gasteiger partial charge on any atom is -0.339 e. The largest absolute Gasteiger partial charge is 0.339 e. The van der Waals surface area contributed by atoms with Crippen molar-refractivity contribution >= 4 is 12.4 Å². The highest BCUT2D eigenvalue weighted by Crippen LogP contribution is 2.38. The van der Waals surface area contributed by atoms with E-state index in [0.717, 1.165) is 31.3 Å². The van der Waals surface area contributed by atoms with Gasteiger partial charge in [-0.1, -0.05) is 5.16 Å². The monoisotopic (exact) mass is 286 g/mol. The molecule has 0 bridgehead atoms. The summed E-state index contributed by atoms with van der Waals surface area (Å²) in [5.74, 6) is 2.25. The van der Waals surface area contributed by atoms with Crippen LogP contribution in [0.3, 0.4) is 0 Å². The molecule has 1 aliphatic heterocycles. The first-order valence-corrected chi connectivity index (χ1v) is 7.06. The van der Waals surface area contributed by atoms with Gasteiger partial charge >= 0.3 is 0 Å². The Morgan fingerprint density at radius 3 is 2.89 bits per heavy atom. The Bertz CT molecular complexity index is 386. The molecule has 0 radical (unpaired) electrons.